The monoisotopic (exact) mass is 344 g/mol. The first-order valence-corrected chi connectivity index (χ1v) is 12.1. The van der Waals surface area contributed by atoms with Gasteiger partial charge in [0.05, 0.1) is 26.8 Å². The third-order valence-corrected chi connectivity index (χ3v) is 5.52. The molecule has 0 aliphatic heterocycles. The van der Waals surface area contributed by atoms with Crippen molar-refractivity contribution < 1.29 is 28.3 Å². The summed E-state index contributed by atoms with van der Waals surface area (Å²) in [6.07, 6.45) is 1.77. The Hall–Kier alpha value is -0.150. The molecule has 0 aromatic heterocycles. The van der Waals surface area contributed by atoms with Gasteiger partial charge in [0.2, 0.25) is 0 Å². The van der Waals surface area contributed by atoms with Crippen LogP contribution in [-0.4, -0.2) is 63.2 Å². The minimum atomic E-state index is -2.37. The van der Waals surface area contributed by atoms with Crippen molar-refractivity contribution in [1.82, 2.24) is 0 Å². The number of carbonyl (C=O) groups excluding carboxylic acids is 1. The maximum Gasteiger partial charge on any atom is 0.306 e. The molecule has 1 N–H and O–H groups in total. The van der Waals surface area contributed by atoms with Crippen molar-refractivity contribution in [3.8, 4) is 0 Å². The average Bonchev–Trinajstić information content (AvgIpc) is 2.34. The maximum absolute atomic E-state index is 11.2. The molecule has 21 heavy (non-hydrogen) atoms. The fourth-order valence-electron chi connectivity index (χ4n) is 1.29. The summed E-state index contributed by atoms with van der Waals surface area (Å²) in [4.78, 5) is 10.7. The van der Waals surface area contributed by atoms with E-state index in [0.717, 1.165) is 0 Å². The second kappa shape index (κ2) is 12.4. The number of ether oxygens (including phenoxy) is 1. The zero-order valence-electron chi connectivity index (χ0n) is 13.8. The number of hydrogen-bond acceptors (Lipinski definition) is 6. The van der Waals surface area contributed by atoms with Crippen molar-refractivity contribution in [2.24, 2.45) is 0 Å². The zero-order valence-corrected chi connectivity index (χ0v) is 15.6. The van der Waals surface area contributed by atoms with Crippen LogP contribution in [-0.2, 0) is 23.2 Å². The van der Waals surface area contributed by atoms with Gasteiger partial charge < -0.3 is 18.9 Å². The fourth-order valence-corrected chi connectivity index (χ4v) is 3.40. The molecule has 0 saturated heterocycles. The molecule has 0 radical (unpaired) electrons. The Balaban J connectivity index is 0. The first kappa shape index (κ1) is 23.1. The Kier molecular flexibility index (Phi) is 13.7. The van der Waals surface area contributed by atoms with E-state index < -0.39 is 14.5 Å². The summed E-state index contributed by atoms with van der Waals surface area (Å²) in [6.45, 7) is 9.50. The summed E-state index contributed by atoms with van der Waals surface area (Å²) in [5.41, 5.74) is 0. The third kappa shape index (κ3) is 19.9. The van der Waals surface area contributed by atoms with Crippen molar-refractivity contribution >= 4 is 20.5 Å². The number of rotatable bonds is 9. The molecular formula is C13H30O6P2. The first-order valence-electron chi connectivity index (χ1n) is 7.09. The smallest absolute Gasteiger partial charge is 0.306 e. The van der Waals surface area contributed by atoms with Crippen LogP contribution < -0.4 is 0 Å². The molecule has 0 spiro atoms. The molecule has 6 nitrogen and oxygen atoms in total. The van der Waals surface area contributed by atoms with Crippen molar-refractivity contribution in [2.75, 3.05) is 52.1 Å². The number of esters is 1. The molecule has 0 rings (SSSR count). The van der Waals surface area contributed by atoms with Crippen molar-refractivity contribution in [3.63, 3.8) is 0 Å². The Morgan fingerprint density at radius 2 is 1.62 bits per heavy atom. The highest BCUT2D eigenvalue weighted by atomic mass is 31.2. The second-order valence-corrected chi connectivity index (χ2v) is 11.4. The summed E-state index contributed by atoms with van der Waals surface area (Å²) >= 11 is 0. The Bertz CT molecular complexity index is 364. The van der Waals surface area contributed by atoms with Gasteiger partial charge in [-0.25, -0.2) is 0 Å². The Morgan fingerprint density at radius 1 is 1.05 bits per heavy atom. The largest absolute Gasteiger partial charge is 0.466 e. The van der Waals surface area contributed by atoms with E-state index in [2.05, 4.69) is 4.74 Å². The van der Waals surface area contributed by atoms with Crippen LogP contribution in [0.3, 0.4) is 0 Å². The number of hydrogen-bond donors (Lipinski definition) is 1. The van der Waals surface area contributed by atoms with E-state index in [9.17, 15) is 13.9 Å². The molecule has 0 heterocycles. The van der Waals surface area contributed by atoms with Crippen molar-refractivity contribution in [3.05, 3.63) is 0 Å². The van der Waals surface area contributed by atoms with Gasteiger partial charge in [-0.05, 0) is 33.6 Å². The third-order valence-electron chi connectivity index (χ3n) is 2.28. The average molecular weight is 344 g/mol. The lowest BCUT2D eigenvalue weighted by molar-refractivity contribution is -0.142. The summed E-state index contributed by atoms with van der Waals surface area (Å²) < 4.78 is 32.0. The SMILES string of the molecule is CCOC(=O)CCP(C)(C)=O.CCOP(C)(=O)CCCO. The predicted octanol–water partition coefficient (Wildman–Crippen LogP) is 2.88. The highest BCUT2D eigenvalue weighted by molar-refractivity contribution is 7.62. The van der Waals surface area contributed by atoms with Crippen LogP contribution in [0.4, 0.5) is 0 Å². The molecule has 0 saturated carbocycles. The highest BCUT2D eigenvalue weighted by Crippen LogP contribution is 2.42. The minimum Gasteiger partial charge on any atom is -0.466 e. The molecule has 1 atom stereocenters. The highest BCUT2D eigenvalue weighted by Gasteiger charge is 2.13. The number of aliphatic hydroxyl groups excluding tert-OH is 1. The van der Waals surface area contributed by atoms with Gasteiger partial charge in [-0.15, -0.1) is 0 Å². The van der Waals surface area contributed by atoms with E-state index in [1.807, 2.05) is 6.92 Å². The Morgan fingerprint density at radius 3 is 2.00 bits per heavy atom. The molecule has 0 aromatic carbocycles. The number of carbonyl (C=O) groups is 1. The molecule has 0 amide bonds. The molecule has 0 aliphatic rings. The van der Waals surface area contributed by atoms with Gasteiger partial charge in [0, 0.05) is 25.6 Å². The van der Waals surface area contributed by atoms with Gasteiger partial charge >= 0.3 is 5.97 Å². The van der Waals surface area contributed by atoms with Crippen molar-refractivity contribution in [2.45, 2.75) is 26.7 Å². The lowest BCUT2D eigenvalue weighted by Gasteiger charge is -2.10. The first-order chi connectivity index (χ1) is 9.58. The van der Waals surface area contributed by atoms with Crippen LogP contribution in [0.1, 0.15) is 26.7 Å². The quantitative estimate of drug-likeness (QED) is 0.511. The van der Waals surface area contributed by atoms with Crippen LogP contribution in [0, 0.1) is 0 Å². The summed E-state index contributed by atoms with van der Waals surface area (Å²) in [5.74, 6) is -0.253. The minimum absolute atomic E-state index is 0.0882. The van der Waals surface area contributed by atoms with E-state index in [0.29, 0.717) is 32.0 Å². The van der Waals surface area contributed by atoms with E-state index in [-0.39, 0.29) is 19.0 Å². The van der Waals surface area contributed by atoms with Crippen LogP contribution in [0.15, 0.2) is 0 Å². The van der Waals surface area contributed by atoms with E-state index >= 15 is 0 Å². The van der Waals surface area contributed by atoms with Gasteiger partial charge in [-0.2, -0.15) is 0 Å². The van der Waals surface area contributed by atoms with Crippen molar-refractivity contribution in [1.29, 1.82) is 0 Å². The van der Waals surface area contributed by atoms with Crippen LogP contribution in [0.25, 0.3) is 0 Å². The van der Waals surface area contributed by atoms with Crippen LogP contribution in [0.5, 0.6) is 0 Å². The number of aliphatic hydroxyl groups is 1. The van der Waals surface area contributed by atoms with E-state index in [1.54, 1.807) is 26.9 Å². The lowest BCUT2D eigenvalue weighted by Crippen LogP contribution is -2.05. The Labute approximate surface area is 128 Å². The summed E-state index contributed by atoms with van der Waals surface area (Å²) in [7, 11) is -4.41. The predicted molar refractivity (Wildman–Crippen MR) is 87.3 cm³/mol. The molecule has 0 aromatic rings. The summed E-state index contributed by atoms with van der Waals surface area (Å²) in [5, 5.41) is 8.42. The van der Waals surface area contributed by atoms with E-state index in [4.69, 9.17) is 9.63 Å². The molecule has 0 fully saturated rings. The van der Waals surface area contributed by atoms with Crippen LogP contribution >= 0.6 is 14.5 Å². The van der Waals surface area contributed by atoms with E-state index in [1.165, 1.54) is 0 Å². The molecule has 0 bridgehead atoms. The summed E-state index contributed by atoms with van der Waals surface area (Å²) in [6, 6.07) is 0. The zero-order chi connectivity index (χ0) is 16.9. The normalized spacial score (nSPS) is 13.8. The van der Waals surface area contributed by atoms with Crippen LogP contribution in [0.2, 0.25) is 0 Å². The molecule has 128 valence electrons. The van der Waals surface area contributed by atoms with Gasteiger partial charge in [-0.3, -0.25) is 9.36 Å². The van der Waals surface area contributed by atoms with Gasteiger partial charge in [0.25, 0.3) is 0 Å². The standard InChI is InChI=1S/C7H15O3P.C6H15O3P/c1-4-10-7(8)5-6-11(2,3)9;1-3-9-10(2,8)6-4-5-7/h4-6H2,1-3H3;7H,3-6H2,1-2H3. The van der Waals surface area contributed by atoms with Gasteiger partial charge in [0.15, 0.2) is 7.37 Å². The molecule has 8 heteroatoms. The maximum atomic E-state index is 11.2. The second-order valence-electron chi connectivity index (χ2n) is 5.09. The molecule has 1 unspecified atom stereocenters. The lowest BCUT2D eigenvalue weighted by atomic mass is 10.5. The van der Waals surface area contributed by atoms with Gasteiger partial charge in [0.1, 0.15) is 0 Å². The molecule has 0 aliphatic carbocycles. The topological polar surface area (TPSA) is 89.9 Å². The van der Waals surface area contributed by atoms with Gasteiger partial charge in [-0.1, -0.05) is 0 Å². The molecular weight excluding hydrogens is 314 g/mol. The fraction of sp³-hybridized carbons (Fsp3) is 0.923.